The normalized spacial score (nSPS) is 18.4. The number of hydrogen-bond acceptors (Lipinski definition) is 7. The van der Waals surface area contributed by atoms with Crippen molar-refractivity contribution in [1.82, 2.24) is 35.5 Å². The van der Waals surface area contributed by atoms with E-state index in [9.17, 15) is 0 Å². The Balaban J connectivity index is 1.41. The van der Waals surface area contributed by atoms with E-state index in [1.54, 1.807) is 0 Å². The van der Waals surface area contributed by atoms with E-state index >= 15 is 0 Å². The van der Waals surface area contributed by atoms with Gasteiger partial charge in [0.25, 0.3) is 0 Å². The van der Waals surface area contributed by atoms with Gasteiger partial charge in [-0.25, -0.2) is 9.97 Å². The molecule has 1 saturated heterocycles. The van der Waals surface area contributed by atoms with Crippen LogP contribution in [-0.2, 0) is 11.3 Å². The highest BCUT2D eigenvalue weighted by molar-refractivity contribution is 6.30. The van der Waals surface area contributed by atoms with Crippen LogP contribution in [0, 0.1) is 0 Å². The first kappa shape index (κ1) is 16.1. The van der Waals surface area contributed by atoms with Gasteiger partial charge in [-0.1, -0.05) is 16.8 Å². The van der Waals surface area contributed by atoms with E-state index in [2.05, 4.69) is 35.5 Å². The summed E-state index contributed by atoms with van der Waals surface area (Å²) >= 11 is 5.91. The third-order valence-electron chi connectivity index (χ3n) is 4.01. The van der Waals surface area contributed by atoms with Gasteiger partial charge < -0.3 is 4.74 Å². The summed E-state index contributed by atoms with van der Waals surface area (Å²) in [6, 6.07) is 7.49. The molecule has 9 heteroatoms. The van der Waals surface area contributed by atoms with Crippen LogP contribution in [0.1, 0.15) is 17.5 Å². The van der Waals surface area contributed by atoms with Gasteiger partial charge in [0.05, 0.1) is 6.61 Å². The highest BCUT2D eigenvalue weighted by atomic mass is 35.5. The van der Waals surface area contributed by atoms with Gasteiger partial charge in [-0.2, -0.15) is 5.21 Å². The number of benzene rings is 1. The fourth-order valence-corrected chi connectivity index (χ4v) is 2.88. The molecule has 0 saturated carbocycles. The third kappa shape index (κ3) is 3.81. The Hall–Kier alpha value is -2.42. The lowest BCUT2D eigenvalue weighted by molar-refractivity contribution is -0.0372. The Kier molecular flexibility index (Phi) is 4.64. The standard InChI is InChI=1S/C16H16ClN7O/c17-13-3-1-12(2-4-13)15-18-7-11(8-19-15)9-24-5-6-25-14(10-24)16-20-22-23-21-16/h1-4,7-8,14H,5-6,9-10H2,(H,20,21,22,23). The van der Waals surface area contributed by atoms with Crippen LogP contribution in [0.4, 0.5) is 0 Å². The van der Waals surface area contributed by atoms with Crippen molar-refractivity contribution in [2.24, 2.45) is 0 Å². The number of rotatable bonds is 4. The minimum atomic E-state index is -0.165. The maximum absolute atomic E-state index is 5.91. The molecule has 1 N–H and O–H groups in total. The van der Waals surface area contributed by atoms with Crippen molar-refractivity contribution in [2.75, 3.05) is 19.7 Å². The van der Waals surface area contributed by atoms with Crippen LogP contribution >= 0.6 is 11.6 Å². The van der Waals surface area contributed by atoms with Gasteiger partial charge >= 0.3 is 0 Å². The first-order valence-corrected chi connectivity index (χ1v) is 8.30. The summed E-state index contributed by atoms with van der Waals surface area (Å²) in [5, 5.41) is 14.7. The Morgan fingerprint density at radius 1 is 1.20 bits per heavy atom. The van der Waals surface area contributed by atoms with Crippen LogP contribution in [0.15, 0.2) is 36.7 Å². The van der Waals surface area contributed by atoms with Gasteiger partial charge in [-0.3, -0.25) is 4.90 Å². The number of hydrogen-bond donors (Lipinski definition) is 1. The number of nitrogens with one attached hydrogen (secondary N) is 1. The van der Waals surface area contributed by atoms with Crippen LogP contribution in [0.2, 0.25) is 5.02 Å². The lowest BCUT2D eigenvalue weighted by atomic mass is 10.2. The van der Waals surface area contributed by atoms with E-state index < -0.39 is 0 Å². The van der Waals surface area contributed by atoms with Gasteiger partial charge in [0, 0.05) is 48.2 Å². The Morgan fingerprint density at radius 2 is 2.00 bits per heavy atom. The van der Waals surface area contributed by atoms with E-state index in [4.69, 9.17) is 16.3 Å². The second-order valence-corrected chi connectivity index (χ2v) is 6.22. The third-order valence-corrected chi connectivity index (χ3v) is 4.27. The molecular formula is C16H16ClN7O. The number of morpholine rings is 1. The summed E-state index contributed by atoms with van der Waals surface area (Å²) in [4.78, 5) is 11.2. The molecular weight excluding hydrogens is 342 g/mol. The first-order valence-electron chi connectivity index (χ1n) is 7.92. The molecule has 1 unspecified atom stereocenters. The van der Waals surface area contributed by atoms with E-state index in [0.717, 1.165) is 24.2 Å². The molecule has 4 rings (SSSR count). The van der Waals surface area contributed by atoms with Crippen LogP contribution in [-0.4, -0.2) is 55.2 Å². The molecule has 0 spiro atoms. The zero-order chi connectivity index (χ0) is 17.1. The quantitative estimate of drug-likeness (QED) is 0.762. The average Bonchev–Trinajstić information content (AvgIpc) is 3.18. The molecule has 0 bridgehead atoms. The smallest absolute Gasteiger partial charge is 0.204 e. The predicted molar refractivity (Wildman–Crippen MR) is 90.6 cm³/mol. The summed E-state index contributed by atoms with van der Waals surface area (Å²) in [5.74, 6) is 1.27. The summed E-state index contributed by atoms with van der Waals surface area (Å²) in [6.45, 7) is 2.92. The number of H-pyrrole nitrogens is 1. The Morgan fingerprint density at radius 3 is 2.72 bits per heavy atom. The lowest BCUT2D eigenvalue weighted by Gasteiger charge is -2.31. The van der Waals surface area contributed by atoms with Crippen molar-refractivity contribution >= 4 is 11.6 Å². The molecule has 0 aliphatic carbocycles. The van der Waals surface area contributed by atoms with Crippen molar-refractivity contribution in [3.05, 3.63) is 53.1 Å². The van der Waals surface area contributed by atoms with Gasteiger partial charge in [-0.05, 0) is 24.3 Å². The van der Waals surface area contributed by atoms with Gasteiger partial charge in [0.2, 0.25) is 5.82 Å². The molecule has 25 heavy (non-hydrogen) atoms. The van der Waals surface area contributed by atoms with E-state index in [1.807, 2.05) is 36.7 Å². The number of ether oxygens (including phenoxy) is 1. The molecule has 1 aliphatic rings. The van der Waals surface area contributed by atoms with Crippen LogP contribution in [0.3, 0.4) is 0 Å². The van der Waals surface area contributed by atoms with E-state index in [-0.39, 0.29) is 6.10 Å². The molecule has 128 valence electrons. The molecule has 1 aromatic carbocycles. The average molecular weight is 358 g/mol. The number of aromatic nitrogens is 6. The maximum Gasteiger partial charge on any atom is 0.204 e. The Labute approximate surface area is 149 Å². The fraction of sp³-hybridized carbons (Fsp3) is 0.312. The number of aromatic amines is 1. The van der Waals surface area contributed by atoms with Crippen molar-refractivity contribution in [3.63, 3.8) is 0 Å². The van der Waals surface area contributed by atoms with Gasteiger partial charge in [0.1, 0.15) is 6.10 Å². The zero-order valence-corrected chi connectivity index (χ0v) is 14.1. The highest BCUT2D eigenvalue weighted by Crippen LogP contribution is 2.21. The Bertz CT molecular complexity index is 808. The monoisotopic (exact) mass is 357 g/mol. The van der Waals surface area contributed by atoms with Gasteiger partial charge in [0.15, 0.2) is 5.82 Å². The topological polar surface area (TPSA) is 92.7 Å². The van der Waals surface area contributed by atoms with Crippen LogP contribution < -0.4 is 0 Å². The van der Waals surface area contributed by atoms with E-state index in [0.29, 0.717) is 29.8 Å². The first-order chi connectivity index (χ1) is 12.3. The molecule has 3 heterocycles. The summed E-state index contributed by atoms with van der Waals surface area (Å²) in [6.07, 6.45) is 3.55. The molecule has 1 aliphatic heterocycles. The molecule has 3 aromatic rings. The minimum Gasteiger partial charge on any atom is -0.367 e. The molecule has 2 aromatic heterocycles. The maximum atomic E-state index is 5.91. The summed E-state index contributed by atoms with van der Waals surface area (Å²) in [7, 11) is 0. The fourth-order valence-electron chi connectivity index (χ4n) is 2.75. The predicted octanol–water partition coefficient (Wildman–Crippen LogP) is 1.88. The second-order valence-electron chi connectivity index (χ2n) is 5.79. The molecule has 0 radical (unpaired) electrons. The second kappa shape index (κ2) is 7.22. The molecule has 1 fully saturated rings. The number of halogens is 1. The van der Waals surface area contributed by atoms with Crippen molar-refractivity contribution < 1.29 is 4.74 Å². The highest BCUT2D eigenvalue weighted by Gasteiger charge is 2.25. The summed E-state index contributed by atoms with van der Waals surface area (Å²) < 4.78 is 5.71. The van der Waals surface area contributed by atoms with Crippen LogP contribution in [0.25, 0.3) is 11.4 Å². The molecule has 1 atom stereocenters. The SMILES string of the molecule is Clc1ccc(-c2ncc(CN3CCOC(c4nn[nH]n4)C3)cn2)cc1. The van der Waals surface area contributed by atoms with E-state index in [1.165, 1.54) is 0 Å². The summed E-state index contributed by atoms with van der Waals surface area (Å²) in [5.41, 5.74) is 1.99. The van der Waals surface area contributed by atoms with Crippen molar-refractivity contribution in [1.29, 1.82) is 0 Å². The molecule has 8 nitrogen and oxygen atoms in total. The minimum absolute atomic E-state index is 0.165. The largest absolute Gasteiger partial charge is 0.367 e. The lowest BCUT2D eigenvalue weighted by Crippen LogP contribution is -2.38. The van der Waals surface area contributed by atoms with Gasteiger partial charge in [-0.15, -0.1) is 10.2 Å². The zero-order valence-electron chi connectivity index (χ0n) is 13.3. The van der Waals surface area contributed by atoms with Crippen molar-refractivity contribution in [2.45, 2.75) is 12.6 Å². The number of nitrogens with zero attached hydrogens (tertiary/aromatic N) is 6. The van der Waals surface area contributed by atoms with Crippen LogP contribution in [0.5, 0.6) is 0 Å². The number of tetrazole rings is 1. The van der Waals surface area contributed by atoms with Crippen molar-refractivity contribution in [3.8, 4) is 11.4 Å². The molecule has 0 amide bonds.